The van der Waals surface area contributed by atoms with Gasteiger partial charge < -0.3 is 0 Å². The minimum absolute atomic E-state index is 0.105. The first kappa shape index (κ1) is 31.5. The molecule has 0 spiro atoms. The molecule has 0 saturated heterocycles. The van der Waals surface area contributed by atoms with E-state index in [0.717, 1.165) is 0 Å². The maximum absolute atomic E-state index is 4.10. The molecule has 4 aliphatic rings. The Kier molecular flexibility index (Phi) is 7.74. The van der Waals surface area contributed by atoms with Crippen molar-refractivity contribution in [1.29, 1.82) is 0 Å². The number of hydrogen-bond donors (Lipinski definition) is 0. The van der Waals surface area contributed by atoms with Gasteiger partial charge in [-0.2, -0.15) is 0 Å². The molecule has 0 radical (unpaired) electrons. The summed E-state index contributed by atoms with van der Waals surface area (Å²) in [5.74, 6) is 16.6. The molecule has 0 N–H and O–H groups in total. The standard InChI is InChI=1S/C38H58Si2/c1-26(2)40(27(3)4,28(5)6)25-20-30-32-19-22-37(11,36(32,9)10)33(30)17-16-29-31-18-23-38(12,35(31,7)8)34(29)21-24-39(13,14)15/h26-28,31-32H,18-19,22-23H2,1-15H3/t31-,32-,37+,38+/m1/s1. The van der Waals surface area contributed by atoms with E-state index in [9.17, 15) is 0 Å². The van der Waals surface area contributed by atoms with Crippen molar-refractivity contribution in [2.24, 2.45) is 33.5 Å². The van der Waals surface area contributed by atoms with Gasteiger partial charge in [0.1, 0.15) is 16.1 Å². The highest BCUT2D eigenvalue weighted by Gasteiger charge is 2.62. The lowest BCUT2D eigenvalue weighted by molar-refractivity contribution is 0.174. The first-order valence-electron chi connectivity index (χ1n) is 16.3. The molecule has 0 amide bonds. The third kappa shape index (κ3) is 4.32. The molecule has 218 valence electrons. The Hall–Kier alpha value is -1.41. The van der Waals surface area contributed by atoms with Crippen LogP contribution in [-0.2, 0) is 0 Å². The summed E-state index contributed by atoms with van der Waals surface area (Å²) in [4.78, 5) is 0. The van der Waals surface area contributed by atoms with Crippen molar-refractivity contribution in [2.75, 3.05) is 0 Å². The molecule has 0 nitrogen and oxygen atoms in total. The van der Waals surface area contributed by atoms with E-state index in [-0.39, 0.29) is 21.7 Å². The van der Waals surface area contributed by atoms with Crippen molar-refractivity contribution in [2.45, 2.75) is 145 Å². The van der Waals surface area contributed by atoms with Crippen molar-refractivity contribution in [3.63, 3.8) is 0 Å². The fourth-order valence-corrected chi connectivity index (χ4v) is 15.3. The molecule has 0 unspecified atom stereocenters. The quantitative estimate of drug-likeness (QED) is 0.234. The van der Waals surface area contributed by atoms with Gasteiger partial charge >= 0.3 is 0 Å². The van der Waals surface area contributed by atoms with Crippen LogP contribution in [0.5, 0.6) is 0 Å². The molecule has 0 aliphatic heterocycles. The van der Waals surface area contributed by atoms with E-state index in [2.05, 4.69) is 137 Å². The van der Waals surface area contributed by atoms with Crippen LogP contribution in [0.2, 0.25) is 36.3 Å². The van der Waals surface area contributed by atoms with E-state index in [1.165, 1.54) is 48.0 Å². The summed E-state index contributed by atoms with van der Waals surface area (Å²) in [6.45, 7) is 36.5. The highest BCUT2D eigenvalue weighted by atomic mass is 28.3. The van der Waals surface area contributed by atoms with Crippen molar-refractivity contribution in [3.05, 3.63) is 22.3 Å². The highest BCUT2D eigenvalue weighted by Crippen LogP contribution is 2.69. The van der Waals surface area contributed by atoms with Crippen LogP contribution in [0.15, 0.2) is 22.3 Å². The summed E-state index contributed by atoms with van der Waals surface area (Å²) in [5, 5.41) is 0. The molecule has 2 saturated carbocycles. The maximum Gasteiger partial charge on any atom is 0.146 e. The molecule has 0 aromatic heterocycles. The zero-order valence-electron chi connectivity index (χ0n) is 28.7. The second kappa shape index (κ2) is 9.82. The number of allylic oxidation sites excluding steroid dienone is 4. The first-order chi connectivity index (χ1) is 18.2. The first-order valence-corrected chi connectivity index (χ1v) is 22.0. The van der Waals surface area contributed by atoms with Crippen molar-refractivity contribution < 1.29 is 0 Å². The van der Waals surface area contributed by atoms with Crippen LogP contribution in [0.25, 0.3) is 0 Å². The zero-order valence-corrected chi connectivity index (χ0v) is 30.7. The van der Waals surface area contributed by atoms with Gasteiger partial charge in [-0.05, 0) is 65.0 Å². The second-order valence-electron chi connectivity index (χ2n) is 17.3. The van der Waals surface area contributed by atoms with Gasteiger partial charge in [-0.25, -0.2) is 0 Å². The highest BCUT2D eigenvalue weighted by molar-refractivity contribution is 6.90. The lowest BCUT2D eigenvalue weighted by atomic mass is 9.67. The predicted octanol–water partition coefficient (Wildman–Crippen LogP) is 10.6. The van der Waals surface area contributed by atoms with E-state index >= 15 is 0 Å². The van der Waals surface area contributed by atoms with Gasteiger partial charge in [0.15, 0.2) is 0 Å². The topological polar surface area (TPSA) is 0 Å². The van der Waals surface area contributed by atoms with Crippen LogP contribution in [0.4, 0.5) is 0 Å². The third-order valence-electron chi connectivity index (χ3n) is 13.0. The summed E-state index contributed by atoms with van der Waals surface area (Å²) in [6, 6.07) is 0. The SMILES string of the molecule is CC(C)[Si](C#CC1=C(C#CC2=C(C#C[Si](C)(C)C)[C@]3(C)CC[C@H]2C3(C)C)[C@]2(C)CC[C@H]1C2(C)C)(C(C)C)C(C)C. The van der Waals surface area contributed by atoms with Crippen LogP contribution < -0.4 is 0 Å². The Morgan fingerprint density at radius 2 is 0.975 bits per heavy atom. The maximum atomic E-state index is 4.10. The van der Waals surface area contributed by atoms with E-state index < -0.39 is 16.1 Å². The van der Waals surface area contributed by atoms with E-state index in [4.69, 9.17) is 0 Å². The Morgan fingerprint density at radius 3 is 1.38 bits per heavy atom. The van der Waals surface area contributed by atoms with Crippen LogP contribution in [0.3, 0.4) is 0 Å². The van der Waals surface area contributed by atoms with Crippen molar-refractivity contribution in [3.8, 4) is 34.8 Å². The number of hydrogen-bond acceptors (Lipinski definition) is 0. The molecule has 4 rings (SSSR count). The average Bonchev–Trinajstić information content (AvgIpc) is 3.30. The van der Waals surface area contributed by atoms with Gasteiger partial charge in [0.05, 0.1) is 0 Å². The normalized spacial score (nSPS) is 31.9. The number of fused-ring (bicyclic) bond motifs is 4. The molecule has 0 aromatic rings. The molecular weight excluding hydrogens is 513 g/mol. The minimum Gasteiger partial charge on any atom is -0.127 e. The smallest absolute Gasteiger partial charge is 0.127 e. The van der Waals surface area contributed by atoms with Crippen LogP contribution in [0.1, 0.15) is 109 Å². The van der Waals surface area contributed by atoms with Crippen LogP contribution >= 0.6 is 0 Å². The molecule has 40 heavy (non-hydrogen) atoms. The Bertz CT molecular complexity index is 1300. The lowest BCUT2D eigenvalue weighted by Gasteiger charge is -2.38. The minimum atomic E-state index is -1.82. The molecular formula is C38H58Si2. The lowest BCUT2D eigenvalue weighted by Crippen LogP contribution is -2.43. The van der Waals surface area contributed by atoms with Crippen LogP contribution in [0, 0.1) is 68.3 Å². The van der Waals surface area contributed by atoms with E-state index in [1.807, 2.05) is 0 Å². The Labute approximate surface area is 251 Å². The molecule has 2 heteroatoms. The predicted molar refractivity (Wildman–Crippen MR) is 181 cm³/mol. The summed E-state index contributed by atoms with van der Waals surface area (Å²) in [6.07, 6.45) is 4.97. The summed E-state index contributed by atoms with van der Waals surface area (Å²) >= 11 is 0. The van der Waals surface area contributed by atoms with Gasteiger partial charge in [0, 0.05) is 33.1 Å². The number of rotatable bonds is 3. The molecule has 0 heterocycles. The van der Waals surface area contributed by atoms with E-state index in [1.54, 1.807) is 0 Å². The van der Waals surface area contributed by atoms with Crippen LogP contribution in [-0.4, -0.2) is 16.1 Å². The van der Waals surface area contributed by atoms with E-state index in [0.29, 0.717) is 28.5 Å². The van der Waals surface area contributed by atoms with Crippen molar-refractivity contribution >= 4 is 16.1 Å². The molecule has 4 atom stereocenters. The van der Waals surface area contributed by atoms with Gasteiger partial charge in [0.2, 0.25) is 0 Å². The molecule has 2 fully saturated rings. The van der Waals surface area contributed by atoms with Gasteiger partial charge in [-0.1, -0.05) is 126 Å². The third-order valence-corrected chi connectivity index (χ3v) is 20.1. The van der Waals surface area contributed by atoms with Gasteiger partial charge in [0.25, 0.3) is 0 Å². The fraction of sp³-hybridized carbons (Fsp3) is 0.737. The molecule has 0 aromatic carbocycles. The van der Waals surface area contributed by atoms with Gasteiger partial charge in [-0.15, -0.1) is 11.1 Å². The summed E-state index contributed by atoms with van der Waals surface area (Å²) in [5.41, 5.74) is 15.9. The zero-order chi connectivity index (χ0) is 30.3. The molecule has 4 aliphatic carbocycles. The van der Waals surface area contributed by atoms with Gasteiger partial charge in [-0.3, -0.25) is 0 Å². The second-order valence-corrected chi connectivity index (χ2v) is 27.6. The molecule has 4 bridgehead atoms. The summed E-state index contributed by atoms with van der Waals surface area (Å²) in [7, 11) is -3.31. The largest absolute Gasteiger partial charge is 0.146 e. The monoisotopic (exact) mass is 570 g/mol. The van der Waals surface area contributed by atoms with Crippen molar-refractivity contribution in [1.82, 2.24) is 0 Å². The fourth-order valence-electron chi connectivity index (χ4n) is 9.55. The summed E-state index contributed by atoms with van der Waals surface area (Å²) < 4.78 is 0. The average molecular weight is 571 g/mol. The Balaban J connectivity index is 1.94. The Morgan fingerprint density at radius 1 is 0.575 bits per heavy atom.